The number of benzene rings is 1. The van der Waals surface area contributed by atoms with Crippen LogP contribution in [0, 0.1) is 39.0 Å². The molecule has 0 bridgehead atoms. The van der Waals surface area contributed by atoms with Crippen LogP contribution in [0.4, 0.5) is 5.82 Å². The molecule has 0 atom stereocenters. The van der Waals surface area contributed by atoms with Crippen molar-refractivity contribution in [2.45, 2.75) is 27.7 Å². The third kappa shape index (κ3) is 3.82. The van der Waals surface area contributed by atoms with Gasteiger partial charge in [0.15, 0.2) is 5.82 Å². The van der Waals surface area contributed by atoms with Crippen LogP contribution in [0.25, 0.3) is 11.8 Å². The van der Waals surface area contributed by atoms with Crippen LogP contribution >= 0.6 is 0 Å². The molecule has 0 saturated carbocycles. The molecule has 1 N–H and O–H groups in total. The molecule has 6 nitrogen and oxygen atoms in total. The number of aromatic nitrogens is 2. The summed E-state index contributed by atoms with van der Waals surface area (Å²) in [6.07, 6.45) is 1.59. The van der Waals surface area contributed by atoms with E-state index in [2.05, 4.69) is 27.2 Å². The Morgan fingerprint density at radius 2 is 1.89 bits per heavy atom. The molecule has 6 heteroatoms. The van der Waals surface area contributed by atoms with Gasteiger partial charge in [-0.3, -0.25) is 4.79 Å². The maximum Gasteiger partial charge on any atom is 0.267 e. The predicted molar refractivity (Wildman–Crippen MR) is 103 cm³/mol. The zero-order valence-electron chi connectivity index (χ0n) is 15.7. The van der Waals surface area contributed by atoms with E-state index in [1.54, 1.807) is 19.1 Å². The minimum atomic E-state index is -0.522. The van der Waals surface area contributed by atoms with Crippen LogP contribution in [-0.4, -0.2) is 15.6 Å². The lowest BCUT2D eigenvalue weighted by atomic mass is 10.1. The fourth-order valence-corrected chi connectivity index (χ4v) is 2.94. The van der Waals surface area contributed by atoms with E-state index in [0.29, 0.717) is 5.76 Å². The van der Waals surface area contributed by atoms with Crippen LogP contribution in [0.1, 0.15) is 28.3 Å². The Balaban J connectivity index is 1.93. The molecular weight excluding hydrogens is 340 g/mol. The Morgan fingerprint density at radius 3 is 2.48 bits per heavy atom. The molecule has 0 spiro atoms. The lowest BCUT2D eigenvalue weighted by molar-refractivity contribution is -0.112. The highest BCUT2D eigenvalue weighted by Gasteiger charge is 2.15. The molecule has 0 aliphatic carbocycles. The summed E-state index contributed by atoms with van der Waals surface area (Å²) in [7, 11) is 0. The Bertz CT molecular complexity index is 1060. The summed E-state index contributed by atoms with van der Waals surface area (Å²) in [5.74, 6) is 0.337. The fraction of sp³-hybridized carbons (Fsp3) is 0.190. The summed E-state index contributed by atoms with van der Waals surface area (Å²) >= 11 is 0. The Hall–Kier alpha value is -3.59. The van der Waals surface area contributed by atoms with Crippen LogP contribution in [0.5, 0.6) is 0 Å². The lowest BCUT2D eigenvalue weighted by Crippen LogP contribution is -2.13. The number of rotatable bonds is 4. The van der Waals surface area contributed by atoms with Crippen molar-refractivity contribution in [3.8, 4) is 11.8 Å². The molecule has 1 amide bonds. The van der Waals surface area contributed by atoms with Crippen molar-refractivity contribution < 1.29 is 9.32 Å². The zero-order valence-corrected chi connectivity index (χ0v) is 15.7. The van der Waals surface area contributed by atoms with Crippen LogP contribution in [0.3, 0.4) is 0 Å². The van der Waals surface area contributed by atoms with Crippen LogP contribution in [0.15, 0.2) is 46.5 Å². The largest absolute Gasteiger partial charge is 0.360 e. The van der Waals surface area contributed by atoms with Gasteiger partial charge in [0.1, 0.15) is 17.4 Å². The number of amides is 1. The third-order valence-corrected chi connectivity index (χ3v) is 4.30. The van der Waals surface area contributed by atoms with Crippen molar-refractivity contribution in [2.75, 3.05) is 5.32 Å². The highest BCUT2D eigenvalue weighted by Crippen LogP contribution is 2.23. The fourth-order valence-electron chi connectivity index (χ4n) is 2.94. The van der Waals surface area contributed by atoms with Crippen molar-refractivity contribution >= 4 is 17.8 Å². The molecular formula is C21H20N4O2. The number of anilines is 1. The number of carbonyl (C=O) groups excluding carboxylic acids is 1. The van der Waals surface area contributed by atoms with Gasteiger partial charge in [-0.15, -0.1) is 0 Å². The van der Waals surface area contributed by atoms with Gasteiger partial charge in [-0.05, 0) is 57.5 Å². The first kappa shape index (κ1) is 18.2. The van der Waals surface area contributed by atoms with E-state index in [-0.39, 0.29) is 11.4 Å². The van der Waals surface area contributed by atoms with Crippen molar-refractivity contribution in [3.05, 3.63) is 70.2 Å². The van der Waals surface area contributed by atoms with E-state index in [1.807, 2.05) is 45.0 Å². The second-order valence-corrected chi connectivity index (χ2v) is 6.44. The summed E-state index contributed by atoms with van der Waals surface area (Å²) in [4.78, 5) is 12.4. The van der Waals surface area contributed by atoms with Crippen molar-refractivity contribution in [2.24, 2.45) is 0 Å². The number of aryl methyl sites for hydroxylation is 3. The van der Waals surface area contributed by atoms with Gasteiger partial charge in [0, 0.05) is 23.1 Å². The summed E-state index contributed by atoms with van der Waals surface area (Å²) in [5, 5.41) is 15.7. The summed E-state index contributed by atoms with van der Waals surface area (Å²) in [6, 6.07) is 13.7. The molecule has 0 fully saturated rings. The molecule has 3 rings (SSSR count). The van der Waals surface area contributed by atoms with E-state index in [1.165, 1.54) is 5.56 Å². The molecule has 27 heavy (non-hydrogen) atoms. The van der Waals surface area contributed by atoms with Gasteiger partial charge in [-0.25, -0.2) is 0 Å². The molecule has 0 aliphatic rings. The van der Waals surface area contributed by atoms with Gasteiger partial charge >= 0.3 is 0 Å². The SMILES string of the molecule is Cc1ccc(-n2c(C)cc(/C=C(/C#N)C(=O)Nc3cc(C)on3)c2C)cc1. The second kappa shape index (κ2) is 7.34. The van der Waals surface area contributed by atoms with Gasteiger partial charge in [-0.1, -0.05) is 22.9 Å². The average Bonchev–Trinajstić information content (AvgIpc) is 3.16. The quantitative estimate of drug-likeness (QED) is 0.557. The number of nitrogens with one attached hydrogen (secondary N) is 1. The summed E-state index contributed by atoms with van der Waals surface area (Å²) in [5.41, 5.74) is 5.02. The highest BCUT2D eigenvalue weighted by atomic mass is 16.5. The van der Waals surface area contributed by atoms with Crippen molar-refractivity contribution in [1.29, 1.82) is 5.26 Å². The monoisotopic (exact) mass is 360 g/mol. The summed E-state index contributed by atoms with van der Waals surface area (Å²) < 4.78 is 7.02. The molecule has 0 unspecified atom stereocenters. The van der Waals surface area contributed by atoms with Gasteiger partial charge in [0.05, 0.1) is 0 Å². The maximum atomic E-state index is 12.4. The highest BCUT2D eigenvalue weighted by molar-refractivity contribution is 6.09. The average molecular weight is 360 g/mol. The number of carbonyl (C=O) groups is 1. The first-order chi connectivity index (χ1) is 12.9. The van der Waals surface area contributed by atoms with E-state index in [4.69, 9.17) is 4.52 Å². The van der Waals surface area contributed by atoms with Gasteiger partial charge < -0.3 is 14.4 Å². The normalized spacial score (nSPS) is 11.3. The van der Waals surface area contributed by atoms with Crippen LogP contribution in [-0.2, 0) is 4.79 Å². The van der Waals surface area contributed by atoms with Crippen LogP contribution in [0.2, 0.25) is 0 Å². The van der Waals surface area contributed by atoms with E-state index < -0.39 is 5.91 Å². The minimum Gasteiger partial charge on any atom is -0.360 e. The number of hydrogen-bond donors (Lipinski definition) is 1. The number of hydrogen-bond acceptors (Lipinski definition) is 4. The predicted octanol–water partition coefficient (Wildman–Crippen LogP) is 4.24. The number of nitriles is 1. The Kier molecular flexibility index (Phi) is 4.95. The molecule has 3 aromatic rings. The van der Waals surface area contributed by atoms with Crippen molar-refractivity contribution in [1.82, 2.24) is 9.72 Å². The first-order valence-electron chi connectivity index (χ1n) is 8.51. The van der Waals surface area contributed by atoms with Crippen LogP contribution < -0.4 is 5.32 Å². The summed E-state index contributed by atoms with van der Waals surface area (Å²) in [6.45, 7) is 7.73. The van der Waals surface area contributed by atoms with Crippen molar-refractivity contribution in [3.63, 3.8) is 0 Å². The molecule has 0 saturated heterocycles. The lowest BCUT2D eigenvalue weighted by Gasteiger charge is -2.10. The van der Waals surface area contributed by atoms with Gasteiger partial charge in [0.25, 0.3) is 5.91 Å². The molecule has 2 aromatic heterocycles. The van der Waals surface area contributed by atoms with Gasteiger partial charge in [-0.2, -0.15) is 5.26 Å². The molecule has 2 heterocycles. The minimum absolute atomic E-state index is 0.000177. The third-order valence-electron chi connectivity index (χ3n) is 4.30. The molecule has 136 valence electrons. The van der Waals surface area contributed by atoms with E-state index >= 15 is 0 Å². The molecule has 0 aliphatic heterocycles. The number of nitrogens with zero attached hydrogens (tertiary/aromatic N) is 3. The Morgan fingerprint density at radius 1 is 1.19 bits per heavy atom. The molecule has 0 radical (unpaired) electrons. The van der Waals surface area contributed by atoms with E-state index in [9.17, 15) is 10.1 Å². The Labute approximate surface area is 157 Å². The second-order valence-electron chi connectivity index (χ2n) is 6.44. The van der Waals surface area contributed by atoms with Gasteiger partial charge in [0.2, 0.25) is 0 Å². The maximum absolute atomic E-state index is 12.4. The van der Waals surface area contributed by atoms with E-state index in [0.717, 1.165) is 22.6 Å². The smallest absolute Gasteiger partial charge is 0.267 e. The zero-order chi connectivity index (χ0) is 19.6. The topological polar surface area (TPSA) is 83.9 Å². The first-order valence-corrected chi connectivity index (χ1v) is 8.51. The molecule has 1 aromatic carbocycles. The standard InChI is InChI=1S/C21H20N4O2/c1-13-5-7-19(8-6-13)25-14(2)9-17(16(25)4)11-18(12-22)21(26)23-20-10-15(3)27-24-20/h5-11H,1-4H3,(H,23,24,26)/b18-11-.